The van der Waals surface area contributed by atoms with Crippen LogP contribution in [-0.2, 0) is 22.6 Å². The number of carbonyl (C=O) groups excluding carboxylic acids is 1. The highest BCUT2D eigenvalue weighted by molar-refractivity contribution is 5.71. The molecule has 0 aliphatic carbocycles. The highest BCUT2D eigenvalue weighted by Gasteiger charge is 2.09. The van der Waals surface area contributed by atoms with Crippen LogP contribution in [0.5, 0.6) is 5.88 Å². The number of halogens is 1. The van der Waals surface area contributed by atoms with Crippen LogP contribution in [0.25, 0.3) is 11.3 Å². The summed E-state index contributed by atoms with van der Waals surface area (Å²) in [6, 6.07) is 11.3. The van der Waals surface area contributed by atoms with Gasteiger partial charge in [-0.25, -0.2) is 19.3 Å². The van der Waals surface area contributed by atoms with E-state index in [4.69, 9.17) is 14.7 Å². The van der Waals surface area contributed by atoms with E-state index in [2.05, 4.69) is 15.0 Å². The minimum atomic E-state index is -0.509. The molecule has 2 aromatic heterocycles. The predicted octanol–water partition coefficient (Wildman–Crippen LogP) is 3.23. The molecule has 1 aromatic carbocycles. The van der Waals surface area contributed by atoms with Gasteiger partial charge >= 0.3 is 5.97 Å². The Morgan fingerprint density at radius 2 is 2.00 bits per heavy atom. The third-order valence-corrected chi connectivity index (χ3v) is 3.89. The summed E-state index contributed by atoms with van der Waals surface area (Å²) in [5.74, 6) is -0.229. The number of ether oxygens (including phenoxy) is 2. The molecule has 8 heteroatoms. The number of hydrogen-bond donors (Lipinski definition) is 0. The number of benzene rings is 1. The Bertz CT molecular complexity index is 1050. The van der Waals surface area contributed by atoms with Crippen LogP contribution in [0.2, 0.25) is 0 Å². The van der Waals surface area contributed by atoms with Crippen LogP contribution in [0, 0.1) is 17.1 Å². The van der Waals surface area contributed by atoms with Gasteiger partial charge in [-0.3, -0.25) is 4.79 Å². The molecule has 0 aliphatic rings. The number of pyridine rings is 1. The lowest BCUT2D eigenvalue weighted by atomic mass is 10.1. The van der Waals surface area contributed by atoms with Gasteiger partial charge in [0.05, 0.1) is 23.9 Å². The van der Waals surface area contributed by atoms with Crippen molar-refractivity contribution in [3.63, 3.8) is 0 Å². The Hall–Kier alpha value is -3.86. The third kappa shape index (κ3) is 5.32. The van der Waals surface area contributed by atoms with E-state index in [-0.39, 0.29) is 24.6 Å². The normalized spacial score (nSPS) is 10.2. The fourth-order valence-corrected chi connectivity index (χ4v) is 2.46. The largest absolute Gasteiger partial charge is 0.473 e. The molecule has 7 nitrogen and oxygen atoms in total. The van der Waals surface area contributed by atoms with Crippen molar-refractivity contribution in [1.29, 1.82) is 5.26 Å². The lowest BCUT2D eigenvalue weighted by molar-refractivity contribution is -0.142. The summed E-state index contributed by atoms with van der Waals surface area (Å²) in [5.41, 5.74) is 1.79. The average Bonchev–Trinajstić information content (AvgIpc) is 2.73. The number of carbonyl (C=O) groups is 1. The number of nitriles is 1. The molecule has 0 bridgehead atoms. The number of hydrogen-bond acceptors (Lipinski definition) is 7. The summed E-state index contributed by atoms with van der Waals surface area (Å²) >= 11 is 0. The zero-order valence-corrected chi connectivity index (χ0v) is 15.6. The summed E-state index contributed by atoms with van der Waals surface area (Å²) in [4.78, 5) is 24.2. The van der Waals surface area contributed by atoms with Crippen LogP contribution >= 0.6 is 0 Å². The molecule has 0 radical (unpaired) electrons. The molecule has 146 valence electrons. The SMILES string of the molecule is CCOC(=O)Cc1ncc(-c2cccc(OCc3ccc(C#N)cc3F)n2)cn1. The first-order chi connectivity index (χ1) is 14.1. The van der Waals surface area contributed by atoms with E-state index >= 15 is 0 Å². The van der Waals surface area contributed by atoms with E-state index in [0.29, 0.717) is 35.1 Å². The zero-order chi connectivity index (χ0) is 20.6. The summed E-state index contributed by atoms with van der Waals surface area (Å²) in [6.07, 6.45) is 3.13. The van der Waals surface area contributed by atoms with Gasteiger partial charge in [-0.2, -0.15) is 5.26 Å². The molecule has 0 spiro atoms. The van der Waals surface area contributed by atoms with Crippen LogP contribution in [0.15, 0.2) is 48.8 Å². The molecule has 29 heavy (non-hydrogen) atoms. The lowest BCUT2D eigenvalue weighted by Crippen LogP contribution is -2.10. The fraction of sp³-hybridized carbons (Fsp3) is 0.190. The van der Waals surface area contributed by atoms with E-state index in [9.17, 15) is 9.18 Å². The maximum atomic E-state index is 14.0. The van der Waals surface area contributed by atoms with Gasteiger partial charge in [0, 0.05) is 29.6 Å². The highest BCUT2D eigenvalue weighted by Crippen LogP contribution is 2.20. The topological polar surface area (TPSA) is 98.0 Å². The van der Waals surface area contributed by atoms with Crippen molar-refractivity contribution < 1.29 is 18.7 Å². The van der Waals surface area contributed by atoms with E-state index in [1.807, 2.05) is 6.07 Å². The first-order valence-electron chi connectivity index (χ1n) is 8.84. The summed E-state index contributed by atoms with van der Waals surface area (Å²) < 4.78 is 24.4. The monoisotopic (exact) mass is 392 g/mol. The first kappa shape index (κ1) is 19.9. The molecule has 3 rings (SSSR count). The van der Waals surface area contributed by atoms with Gasteiger partial charge in [-0.1, -0.05) is 12.1 Å². The molecule has 3 aromatic rings. The van der Waals surface area contributed by atoms with E-state index < -0.39 is 5.82 Å². The molecule has 0 amide bonds. The Kier molecular flexibility index (Phi) is 6.43. The lowest BCUT2D eigenvalue weighted by Gasteiger charge is -2.08. The van der Waals surface area contributed by atoms with Gasteiger partial charge in [-0.15, -0.1) is 0 Å². The van der Waals surface area contributed by atoms with Crippen molar-refractivity contribution in [2.24, 2.45) is 0 Å². The van der Waals surface area contributed by atoms with Crippen LogP contribution in [0.4, 0.5) is 4.39 Å². The molecule has 0 saturated heterocycles. The van der Waals surface area contributed by atoms with Crippen molar-refractivity contribution in [3.05, 3.63) is 71.6 Å². The van der Waals surface area contributed by atoms with Crippen LogP contribution in [-0.4, -0.2) is 27.5 Å². The number of rotatable bonds is 7. The van der Waals surface area contributed by atoms with Gasteiger partial charge in [0.1, 0.15) is 24.7 Å². The van der Waals surface area contributed by atoms with Crippen molar-refractivity contribution in [1.82, 2.24) is 15.0 Å². The van der Waals surface area contributed by atoms with E-state index in [1.165, 1.54) is 12.1 Å². The smallest absolute Gasteiger partial charge is 0.313 e. The van der Waals surface area contributed by atoms with Gasteiger partial charge in [0.15, 0.2) is 0 Å². The predicted molar refractivity (Wildman–Crippen MR) is 101 cm³/mol. The molecule has 0 fully saturated rings. The minimum Gasteiger partial charge on any atom is -0.473 e. The van der Waals surface area contributed by atoms with Crippen LogP contribution < -0.4 is 4.74 Å². The summed E-state index contributed by atoms with van der Waals surface area (Å²) in [7, 11) is 0. The van der Waals surface area contributed by atoms with E-state index in [0.717, 1.165) is 6.07 Å². The Morgan fingerprint density at radius 3 is 2.69 bits per heavy atom. The van der Waals surface area contributed by atoms with Crippen LogP contribution in [0.1, 0.15) is 23.9 Å². The molecular weight excluding hydrogens is 375 g/mol. The van der Waals surface area contributed by atoms with Crippen molar-refractivity contribution in [2.45, 2.75) is 20.0 Å². The van der Waals surface area contributed by atoms with Gasteiger partial charge in [0.25, 0.3) is 0 Å². The number of esters is 1. The molecule has 2 heterocycles. The Morgan fingerprint density at radius 1 is 1.21 bits per heavy atom. The molecule has 0 atom stereocenters. The zero-order valence-electron chi connectivity index (χ0n) is 15.6. The van der Waals surface area contributed by atoms with Crippen molar-refractivity contribution >= 4 is 5.97 Å². The second kappa shape index (κ2) is 9.37. The average molecular weight is 392 g/mol. The van der Waals surface area contributed by atoms with Crippen LogP contribution in [0.3, 0.4) is 0 Å². The molecule has 0 aliphatic heterocycles. The van der Waals surface area contributed by atoms with Crippen molar-refractivity contribution in [2.75, 3.05) is 6.61 Å². The molecule has 0 N–H and O–H groups in total. The molecule has 0 unspecified atom stereocenters. The maximum absolute atomic E-state index is 14.0. The van der Waals surface area contributed by atoms with E-state index in [1.54, 1.807) is 37.5 Å². The Labute approximate surface area is 166 Å². The minimum absolute atomic E-state index is 0.000848. The third-order valence-electron chi connectivity index (χ3n) is 3.89. The van der Waals surface area contributed by atoms with Gasteiger partial charge in [0.2, 0.25) is 5.88 Å². The van der Waals surface area contributed by atoms with Crippen molar-refractivity contribution in [3.8, 4) is 23.2 Å². The maximum Gasteiger partial charge on any atom is 0.313 e. The van der Waals surface area contributed by atoms with Gasteiger partial charge in [-0.05, 0) is 25.1 Å². The quantitative estimate of drug-likeness (QED) is 0.569. The molecular formula is C21H17FN4O3. The fourth-order valence-electron chi connectivity index (χ4n) is 2.46. The summed E-state index contributed by atoms with van der Waals surface area (Å²) in [5, 5.41) is 8.79. The second-order valence-corrected chi connectivity index (χ2v) is 5.94. The first-order valence-corrected chi connectivity index (χ1v) is 8.84. The number of nitrogens with zero attached hydrogens (tertiary/aromatic N) is 4. The standard InChI is InChI=1S/C21H17FN4O3/c1-2-28-21(27)9-19-24-11-16(12-25-19)18-4-3-5-20(26-18)29-13-15-7-6-14(10-23)8-17(15)22/h3-8,11-12H,2,9,13H2,1H3. The summed E-state index contributed by atoms with van der Waals surface area (Å²) in [6.45, 7) is 2.02. The number of aromatic nitrogens is 3. The van der Waals surface area contributed by atoms with Gasteiger partial charge < -0.3 is 9.47 Å². The molecule has 0 saturated carbocycles. The highest BCUT2D eigenvalue weighted by atomic mass is 19.1. The second-order valence-electron chi connectivity index (χ2n) is 5.94. The Balaban J connectivity index is 1.68.